The maximum absolute atomic E-state index is 10.9. The summed E-state index contributed by atoms with van der Waals surface area (Å²) in [6.07, 6.45) is 3.44. The molecule has 1 aliphatic carbocycles. The van der Waals surface area contributed by atoms with Crippen LogP contribution in [0.4, 0.5) is 0 Å². The van der Waals surface area contributed by atoms with Crippen molar-refractivity contribution in [2.24, 2.45) is 0 Å². The molecule has 0 amide bonds. The first-order valence-electron chi connectivity index (χ1n) is 7.59. The van der Waals surface area contributed by atoms with E-state index in [1.807, 2.05) is 18.2 Å². The monoisotopic (exact) mass is 282 g/mol. The van der Waals surface area contributed by atoms with Gasteiger partial charge in [-0.2, -0.15) is 0 Å². The first kappa shape index (κ1) is 14.2. The van der Waals surface area contributed by atoms with Crippen molar-refractivity contribution in [2.75, 3.05) is 0 Å². The lowest BCUT2D eigenvalue weighted by molar-refractivity contribution is -0.0188. The van der Waals surface area contributed by atoms with Crippen LogP contribution in [0, 0.1) is 0 Å². The Kier molecular flexibility index (Phi) is 3.50. The average Bonchev–Trinajstić information content (AvgIpc) is 2.52. The number of aromatic hydroxyl groups is 1. The fourth-order valence-electron chi connectivity index (χ4n) is 3.40. The normalized spacial score (nSPS) is 29.2. The van der Waals surface area contributed by atoms with Crippen LogP contribution in [-0.4, -0.2) is 10.2 Å². The van der Waals surface area contributed by atoms with E-state index < -0.39 is 5.60 Å². The van der Waals surface area contributed by atoms with Crippen LogP contribution in [0.25, 0.3) is 0 Å². The van der Waals surface area contributed by atoms with Crippen molar-refractivity contribution in [1.29, 1.82) is 0 Å². The standard InChI is InChI=1S/C19H22O2/c1-18(15-5-3-2-4-6-15)11-13-19(21,14-12-18)16-7-9-17(20)10-8-16/h2-10,20-21H,11-14H2,1H3. The second-order valence-electron chi connectivity index (χ2n) is 6.51. The van der Waals surface area contributed by atoms with Gasteiger partial charge < -0.3 is 10.2 Å². The second kappa shape index (κ2) is 5.19. The van der Waals surface area contributed by atoms with Crippen molar-refractivity contribution >= 4 is 0 Å². The quantitative estimate of drug-likeness (QED) is 0.870. The van der Waals surface area contributed by atoms with E-state index in [0.29, 0.717) is 0 Å². The third kappa shape index (κ3) is 2.68. The number of phenols is 1. The third-order valence-corrected chi connectivity index (χ3v) is 5.06. The molecular weight excluding hydrogens is 260 g/mol. The summed E-state index contributed by atoms with van der Waals surface area (Å²) in [5, 5.41) is 20.3. The Morgan fingerprint density at radius 2 is 1.33 bits per heavy atom. The van der Waals surface area contributed by atoms with Crippen molar-refractivity contribution in [3.63, 3.8) is 0 Å². The Labute approximate surface area is 126 Å². The highest BCUT2D eigenvalue weighted by Crippen LogP contribution is 2.46. The molecule has 0 radical (unpaired) electrons. The van der Waals surface area contributed by atoms with Gasteiger partial charge in [-0.05, 0) is 54.4 Å². The van der Waals surface area contributed by atoms with Crippen LogP contribution < -0.4 is 0 Å². The maximum Gasteiger partial charge on any atom is 0.115 e. The van der Waals surface area contributed by atoms with Crippen LogP contribution in [0.2, 0.25) is 0 Å². The molecule has 0 spiro atoms. The molecule has 0 heterocycles. The van der Waals surface area contributed by atoms with E-state index >= 15 is 0 Å². The highest BCUT2D eigenvalue weighted by Gasteiger charge is 2.40. The van der Waals surface area contributed by atoms with Gasteiger partial charge in [-0.25, -0.2) is 0 Å². The molecule has 0 unspecified atom stereocenters. The fraction of sp³-hybridized carbons (Fsp3) is 0.368. The Morgan fingerprint density at radius 3 is 1.90 bits per heavy atom. The van der Waals surface area contributed by atoms with Crippen molar-refractivity contribution in [2.45, 2.75) is 43.6 Å². The van der Waals surface area contributed by atoms with Crippen molar-refractivity contribution in [3.8, 4) is 5.75 Å². The molecule has 2 N–H and O–H groups in total. The average molecular weight is 282 g/mol. The molecule has 21 heavy (non-hydrogen) atoms. The molecule has 3 rings (SSSR count). The summed E-state index contributed by atoms with van der Waals surface area (Å²) in [5.41, 5.74) is 1.65. The van der Waals surface area contributed by atoms with Crippen molar-refractivity contribution in [3.05, 3.63) is 65.7 Å². The summed E-state index contributed by atoms with van der Waals surface area (Å²) < 4.78 is 0. The van der Waals surface area contributed by atoms with E-state index in [1.54, 1.807) is 12.1 Å². The molecule has 2 aromatic carbocycles. The van der Waals surface area contributed by atoms with Crippen LogP contribution in [-0.2, 0) is 11.0 Å². The van der Waals surface area contributed by atoms with Crippen molar-refractivity contribution < 1.29 is 10.2 Å². The van der Waals surface area contributed by atoms with Gasteiger partial charge >= 0.3 is 0 Å². The molecule has 0 bridgehead atoms. The Morgan fingerprint density at radius 1 is 0.762 bits per heavy atom. The number of benzene rings is 2. The van der Waals surface area contributed by atoms with E-state index in [1.165, 1.54) is 5.56 Å². The van der Waals surface area contributed by atoms with Crippen LogP contribution in [0.1, 0.15) is 43.7 Å². The lowest BCUT2D eigenvalue weighted by Crippen LogP contribution is -2.38. The minimum absolute atomic E-state index is 0.143. The zero-order chi connectivity index (χ0) is 14.9. The Balaban J connectivity index is 1.79. The smallest absolute Gasteiger partial charge is 0.115 e. The first-order chi connectivity index (χ1) is 10.0. The van der Waals surface area contributed by atoms with E-state index in [4.69, 9.17) is 0 Å². The van der Waals surface area contributed by atoms with Gasteiger partial charge in [0.15, 0.2) is 0 Å². The first-order valence-corrected chi connectivity index (χ1v) is 7.59. The lowest BCUT2D eigenvalue weighted by Gasteiger charge is -2.42. The molecule has 2 nitrogen and oxygen atoms in total. The van der Waals surface area contributed by atoms with Gasteiger partial charge in [0.2, 0.25) is 0 Å². The van der Waals surface area contributed by atoms with Gasteiger partial charge in [-0.1, -0.05) is 49.4 Å². The number of aliphatic hydroxyl groups is 1. The molecule has 0 saturated heterocycles. The lowest BCUT2D eigenvalue weighted by atomic mass is 9.65. The minimum atomic E-state index is -0.762. The maximum atomic E-state index is 10.9. The van der Waals surface area contributed by atoms with Crippen LogP contribution in [0.5, 0.6) is 5.75 Å². The molecule has 110 valence electrons. The molecule has 0 aliphatic heterocycles. The van der Waals surface area contributed by atoms with E-state index in [0.717, 1.165) is 31.2 Å². The molecule has 1 fully saturated rings. The van der Waals surface area contributed by atoms with Gasteiger partial charge in [-0.15, -0.1) is 0 Å². The molecule has 2 aromatic rings. The molecular formula is C19H22O2. The molecule has 0 atom stereocenters. The highest BCUT2D eigenvalue weighted by molar-refractivity contribution is 5.32. The largest absolute Gasteiger partial charge is 0.508 e. The number of phenolic OH excluding ortho intramolecular Hbond substituents is 1. The van der Waals surface area contributed by atoms with Gasteiger partial charge in [0, 0.05) is 0 Å². The van der Waals surface area contributed by atoms with Crippen molar-refractivity contribution in [1.82, 2.24) is 0 Å². The summed E-state index contributed by atoms with van der Waals surface area (Å²) in [6, 6.07) is 17.6. The van der Waals surface area contributed by atoms with Crippen LogP contribution in [0.3, 0.4) is 0 Å². The van der Waals surface area contributed by atoms with E-state index in [-0.39, 0.29) is 11.2 Å². The SMILES string of the molecule is CC1(c2ccccc2)CCC(O)(c2ccc(O)cc2)CC1. The summed E-state index contributed by atoms with van der Waals surface area (Å²) in [6.45, 7) is 2.29. The Hall–Kier alpha value is -1.80. The zero-order valence-electron chi connectivity index (χ0n) is 12.4. The van der Waals surface area contributed by atoms with Gasteiger partial charge in [0.1, 0.15) is 5.75 Å². The molecule has 1 saturated carbocycles. The summed E-state index contributed by atoms with van der Waals surface area (Å²) >= 11 is 0. The third-order valence-electron chi connectivity index (χ3n) is 5.06. The summed E-state index contributed by atoms with van der Waals surface area (Å²) in [4.78, 5) is 0. The fourth-order valence-corrected chi connectivity index (χ4v) is 3.40. The molecule has 0 aromatic heterocycles. The van der Waals surface area contributed by atoms with E-state index in [2.05, 4.69) is 31.2 Å². The Bertz CT molecular complexity index is 593. The topological polar surface area (TPSA) is 40.5 Å². The highest BCUT2D eigenvalue weighted by atomic mass is 16.3. The second-order valence-corrected chi connectivity index (χ2v) is 6.51. The van der Waals surface area contributed by atoms with Gasteiger partial charge in [0.25, 0.3) is 0 Å². The molecule has 1 aliphatic rings. The number of hydrogen-bond acceptors (Lipinski definition) is 2. The summed E-state index contributed by atoms with van der Waals surface area (Å²) in [5.74, 6) is 0.243. The predicted molar refractivity (Wildman–Crippen MR) is 84.3 cm³/mol. The van der Waals surface area contributed by atoms with Crippen LogP contribution in [0.15, 0.2) is 54.6 Å². The van der Waals surface area contributed by atoms with E-state index in [9.17, 15) is 10.2 Å². The number of rotatable bonds is 2. The zero-order valence-corrected chi connectivity index (χ0v) is 12.4. The number of hydrogen-bond donors (Lipinski definition) is 2. The minimum Gasteiger partial charge on any atom is -0.508 e. The predicted octanol–water partition coefficient (Wildman–Crippen LogP) is 4.11. The molecule has 2 heteroatoms. The van der Waals surface area contributed by atoms with Crippen LogP contribution >= 0.6 is 0 Å². The van der Waals surface area contributed by atoms with Gasteiger partial charge in [-0.3, -0.25) is 0 Å². The summed E-state index contributed by atoms with van der Waals surface area (Å²) in [7, 11) is 0. The van der Waals surface area contributed by atoms with Gasteiger partial charge in [0.05, 0.1) is 5.60 Å².